The van der Waals surface area contributed by atoms with Crippen LogP contribution in [-0.2, 0) is 9.59 Å². The summed E-state index contributed by atoms with van der Waals surface area (Å²) in [5.41, 5.74) is 0.908. The third-order valence-electron chi connectivity index (χ3n) is 5.21. The topological polar surface area (TPSA) is 73.7 Å². The molecule has 0 saturated carbocycles. The van der Waals surface area contributed by atoms with Crippen LogP contribution in [0.25, 0.3) is 5.76 Å². The zero-order valence-corrected chi connectivity index (χ0v) is 16.5. The van der Waals surface area contributed by atoms with E-state index < -0.39 is 23.5 Å². The Hall–Kier alpha value is -3.06. The number of benzene rings is 1. The van der Waals surface area contributed by atoms with E-state index in [1.54, 1.807) is 24.5 Å². The second-order valence-electron chi connectivity index (χ2n) is 6.81. The summed E-state index contributed by atoms with van der Waals surface area (Å²) in [5, 5.41) is 10.8. The summed E-state index contributed by atoms with van der Waals surface area (Å²) in [6, 6.07) is 7.91. The molecule has 2 heterocycles. The molecule has 0 bridgehead atoms. The molecule has 152 valence electrons. The van der Waals surface area contributed by atoms with Gasteiger partial charge in [0.25, 0.3) is 11.7 Å². The lowest BCUT2D eigenvalue weighted by Gasteiger charge is -2.28. The number of nitrogens with zero attached hydrogens (tertiary/aromatic N) is 3. The summed E-state index contributed by atoms with van der Waals surface area (Å²) in [6.45, 7) is 6.66. The summed E-state index contributed by atoms with van der Waals surface area (Å²) in [7, 11) is 0. The van der Waals surface area contributed by atoms with Crippen molar-refractivity contribution in [3.8, 4) is 0 Å². The van der Waals surface area contributed by atoms with E-state index >= 15 is 0 Å². The van der Waals surface area contributed by atoms with Gasteiger partial charge < -0.3 is 14.9 Å². The molecule has 7 heteroatoms. The molecule has 1 aliphatic rings. The van der Waals surface area contributed by atoms with Gasteiger partial charge in [-0.3, -0.25) is 14.6 Å². The number of rotatable bonds is 7. The van der Waals surface area contributed by atoms with E-state index in [4.69, 9.17) is 0 Å². The summed E-state index contributed by atoms with van der Waals surface area (Å²) in [6.07, 6.45) is 3.18. The monoisotopic (exact) mass is 397 g/mol. The van der Waals surface area contributed by atoms with Crippen molar-refractivity contribution in [3.05, 3.63) is 71.3 Å². The van der Waals surface area contributed by atoms with Crippen molar-refractivity contribution in [1.82, 2.24) is 14.8 Å². The highest BCUT2D eigenvalue weighted by Gasteiger charge is 2.46. The maximum atomic E-state index is 13.3. The van der Waals surface area contributed by atoms with Crippen molar-refractivity contribution in [2.75, 3.05) is 26.2 Å². The van der Waals surface area contributed by atoms with Crippen LogP contribution in [0, 0.1) is 5.82 Å². The first-order valence-corrected chi connectivity index (χ1v) is 9.64. The normalized spacial score (nSPS) is 18.6. The lowest BCUT2D eigenvalue weighted by atomic mass is 9.96. The number of pyridine rings is 1. The summed E-state index contributed by atoms with van der Waals surface area (Å²) in [4.78, 5) is 33.4. The maximum absolute atomic E-state index is 13.3. The van der Waals surface area contributed by atoms with Crippen LogP contribution in [0.1, 0.15) is 31.0 Å². The van der Waals surface area contributed by atoms with E-state index in [-0.39, 0.29) is 16.9 Å². The Morgan fingerprint density at radius 2 is 1.86 bits per heavy atom. The molecule has 29 heavy (non-hydrogen) atoms. The highest BCUT2D eigenvalue weighted by atomic mass is 19.1. The van der Waals surface area contributed by atoms with Gasteiger partial charge in [-0.15, -0.1) is 0 Å². The number of hydrogen-bond donors (Lipinski definition) is 1. The molecule has 1 atom stereocenters. The number of aliphatic hydroxyl groups excluding tert-OH is 1. The molecule has 1 N–H and O–H groups in total. The number of Topliss-reactive ketones (excluding diaryl/α,β-unsaturated/α-hetero) is 1. The van der Waals surface area contributed by atoms with Gasteiger partial charge in [0.05, 0.1) is 11.6 Å². The number of likely N-dealkylation sites (tertiary alicyclic amines) is 1. The summed E-state index contributed by atoms with van der Waals surface area (Å²) >= 11 is 0. The van der Waals surface area contributed by atoms with E-state index in [2.05, 4.69) is 9.88 Å². The van der Waals surface area contributed by atoms with Gasteiger partial charge in [0.15, 0.2) is 0 Å². The van der Waals surface area contributed by atoms with Crippen molar-refractivity contribution in [2.45, 2.75) is 19.9 Å². The van der Waals surface area contributed by atoms with Crippen LogP contribution in [-0.4, -0.2) is 57.8 Å². The van der Waals surface area contributed by atoms with E-state index in [0.717, 1.165) is 13.1 Å². The standard InChI is InChI=1S/C22H24FN3O3/c1-3-25(4-2)12-13-26-19(16-6-5-11-24-14-16)18(21(28)22(26)29)20(27)15-7-9-17(23)10-8-15/h5-11,14,19,27H,3-4,12-13H2,1-2H3/b20-18-/t19-/m0/s1. The molecule has 1 aromatic carbocycles. The van der Waals surface area contributed by atoms with E-state index in [1.807, 2.05) is 13.8 Å². The SMILES string of the molecule is CCN(CC)CCN1C(=O)C(=O)/C(=C(\O)c2ccc(F)cc2)[C@@H]1c1cccnc1. The number of amides is 1. The first-order chi connectivity index (χ1) is 14.0. The van der Waals surface area contributed by atoms with E-state index in [9.17, 15) is 19.1 Å². The third-order valence-corrected chi connectivity index (χ3v) is 5.21. The minimum atomic E-state index is -0.750. The number of carbonyl (C=O) groups excluding carboxylic acids is 2. The minimum Gasteiger partial charge on any atom is -0.507 e. The molecule has 1 fully saturated rings. The van der Waals surface area contributed by atoms with Crippen LogP contribution in [0.3, 0.4) is 0 Å². The predicted molar refractivity (Wildman–Crippen MR) is 107 cm³/mol. The van der Waals surface area contributed by atoms with Gasteiger partial charge >= 0.3 is 0 Å². The van der Waals surface area contributed by atoms with Gasteiger partial charge in [-0.25, -0.2) is 4.39 Å². The Morgan fingerprint density at radius 3 is 2.45 bits per heavy atom. The fourth-order valence-electron chi connectivity index (χ4n) is 3.55. The molecule has 1 amide bonds. The quantitative estimate of drug-likeness (QED) is 0.442. The number of likely N-dealkylation sites (N-methyl/N-ethyl adjacent to an activating group) is 1. The Bertz CT molecular complexity index is 909. The largest absolute Gasteiger partial charge is 0.507 e. The van der Waals surface area contributed by atoms with Crippen LogP contribution in [0.4, 0.5) is 4.39 Å². The fourth-order valence-corrected chi connectivity index (χ4v) is 3.55. The third kappa shape index (κ3) is 4.19. The van der Waals surface area contributed by atoms with Crippen molar-refractivity contribution in [1.29, 1.82) is 0 Å². The predicted octanol–water partition coefficient (Wildman–Crippen LogP) is 2.98. The van der Waals surface area contributed by atoms with Gasteiger partial charge in [0.2, 0.25) is 0 Å². The number of hydrogen-bond acceptors (Lipinski definition) is 5. The van der Waals surface area contributed by atoms with Crippen LogP contribution in [0.15, 0.2) is 54.4 Å². The van der Waals surface area contributed by atoms with Crippen molar-refractivity contribution < 1.29 is 19.1 Å². The number of ketones is 1. The van der Waals surface area contributed by atoms with Gasteiger partial charge in [-0.2, -0.15) is 0 Å². The number of aromatic nitrogens is 1. The lowest BCUT2D eigenvalue weighted by Crippen LogP contribution is -2.38. The van der Waals surface area contributed by atoms with Gasteiger partial charge in [-0.1, -0.05) is 19.9 Å². The average Bonchev–Trinajstić information content (AvgIpc) is 3.00. The Kier molecular flexibility index (Phi) is 6.39. The molecule has 0 aliphatic carbocycles. The van der Waals surface area contributed by atoms with Crippen LogP contribution >= 0.6 is 0 Å². The fraction of sp³-hybridized carbons (Fsp3) is 0.318. The molecule has 1 saturated heterocycles. The average molecular weight is 397 g/mol. The number of carbonyl (C=O) groups is 2. The maximum Gasteiger partial charge on any atom is 0.295 e. The van der Waals surface area contributed by atoms with Gasteiger partial charge in [-0.05, 0) is 49.0 Å². The Labute approximate surface area is 169 Å². The molecule has 0 unspecified atom stereocenters. The minimum absolute atomic E-state index is 0.00541. The molecule has 1 aliphatic heterocycles. The molecule has 6 nitrogen and oxygen atoms in total. The molecular formula is C22H24FN3O3. The van der Waals surface area contributed by atoms with E-state index in [1.165, 1.54) is 29.2 Å². The van der Waals surface area contributed by atoms with Gasteiger partial charge in [0, 0.05) is 31.0 Å². The summed E-state index contributed by atoms with van der Waals surface area (Å²) in [5.74, 6) is -2.18. The zero-order valence-electron chi connectivity index (χ0n) is 16.5. The summed E-state index contributed by atoms with van der Waals surface area (Å²) < 4.78 is 13.3. The van der Waals surface area contributed by atoms with Crippen LogP contribution in [0.5, 0.6) is 0 Å². The molecule has 3 rings (SSSR count). The molecule has 2 aromatic rings. The number of halogens is 1. The molecule has 0 spiro atoms. The molecule has 0 radical (unpaired) electrons. The molecular weight excluding hydrogens is 373 g/mol. The first-order valence-electron chi connectivity index (χ1n) is 9.64. The second-order valence-corrected chi connectivity index (χ2v) is 6.81. The second kappa shape index (κ2) is 8.96. The van der Waals surface area contributed by atoms with E-state index in [0.29, 0.717) is 18.7 Å². The highest BCUT2D eigenvalue weighted by Crippen LogP contribution is 2.38. The Balaban J connectivity index is 2.06. The van der Waals surface area contributed by atoms with Gasteiger partial charge in [0.1, 0.15) is 11.6 Å². The molecule has 1 aromatic heterocycles. The van der Waals surface area contributed by atoms with Crippen molar-refractivity contribution in [3.63, 3.8) is 0 Å². The zero-order chi connectivity index (χ0) is 21.0. The Morgan fingerprint density at radius 1 is 1.17 bits per heavy atom. The first kappa shape index (κ1) is 20.7. The van der Waals surface area contributed by atoms with Crippen LogP contribution < -0.4 is 0 Å². The van der Waals surface area contributed by atoms with Crippen molar-refractivity contribution in [2.24, 2.45) is 0 Å². The van der Waals surface area contributed by atoms with Crippen LogP contribution in [0.2, 0.25) is 0 Å². The highest BCUT2D eigenvalue weighted by molar-refractivity contribution is 6.46. The van der Waals surface area contributed by atoms with Crippen molar-refractivity contribution >= 4 is 17.4 Å². The lowest BCUT2D eigenvalue weighted by molar-refractivity contribution is -0.140. The smallest absolute Gasteiger partial charge is 0.295 e. The number of aliphatic hydroxyl groups is 1.